The van der Waals surface area contributed by atoms with Gasteiger partial charge >= 0.3 is 0 Å². The summed E-state index contributed by atoms with van der Waals surface area (Å²) in [4.78, 5) is 15.2. The van der Waals surface area contributed by atoms with Crippen molar-refractivity contribution in [3.8, 4) is 0 Å². The number of anilines is 1. The fraction of sp³-hybridized carbons (Fsp3) is 0.167. The summed E-state index contributed by atoms with van der Waals surface area (Å²) in [6, 6.07) is 16.0. The highest BCUT2D eigenvalue weighted by Crippen LogP contribution is 2.16. The van der Waals surface area contributed by atoms with Crippen LogP contribution < -0.4 is 10.9 Å². The number of nitrogens with zero attached hydrogens (tertiary/aromatic N) is 1. The van der Waals surface area contributed by atoms with Crippen molar-refractivity contribution in [2.75, 3.05) is 19.4 Å². The van der Waals surface area contributed by atoms with Crippen LogP contribution in [0.15, 0.2) is 64.3 Å². The second-order valence-corrected chi connectivity index (χ2v) is 8.04. The Kier molecular flexibility index (Phi) is 4.61. The number of aromatic amines is 1. The zero-order valence-electron chi connectivity index (χ0n) is 14.0. The van der Waals surface area contributed by atoms with Crippen molar-refractivity contribution in [1.82, 2.24) is 9.29 Å². The molecule has 0 unspecified atom stereocenters. The Hall–Kier alpha value is -2.64. The molecule has 1 aromatic heterocycles. The highest BCUT2D eigenvalue weighted by molar-refractivity contribution is 7.89. The molecule has 3 aromatic rings. The van der Waals surface area contributed by atoms with E-state index in [9.17, 15) is 13.2 Å². The molecule has 0 bridgehead atoms. The predicted molar refractivity (Wildman–Crippen MR) is 99.2 cm³/mol. The third-order valence-electron chi connectivity index (χ3n) is 3.94. The number of hydrogen-bond acceptors (Lipinski definition) is 4. The number of sulfonamides is 1. The van der Waals surface area contributed by atoms with Crippen molar-refractivity contribution < 1.29 is 8.42 Å². The lowest BCUT2D eigenvalue weighted by atomic mass is 10.2. The van der Waals surface area contributed by atoms with Crippen LogP contribution in [0.4, 0.5) is 5.69 Å². The molecule has 25 heavy (non-hydrogen) atoms. The van der Waals surface area contributed by atoms with Gasteiger partial charge in [0.1, 0.15) is 5.69 Å². The monoisotopic (exact) mass is 357 g/mol. The van der Waals surface area contributed by atoms with Crippen LogP contribution in [0, 0.1) is 0 Å². The maximum Gasteiger partial charge on any atom is 0.271 e. The lowest BCUT2D eigenvalue weighted by Crippen LogP contribution is -2.22. The van der Waals surface area contributed by atoms with Crippen molar-refractivity contribution in [1.29, 1.82) is 0 Å². The molecule has 0 spiro atoms. The first kappa shape index (κ1) is 17.2. The van der Waals surface area contributed by atoms with Gasteiger partial charge in [0.2, 0.25) is 10.0 Å². The van der Waals surface area contributed by atoms with E-state index in [1.54, 1.807) is 30.3 Å². The average molecular weight is 357 g/mol. The lowest BCUT2D eigenvalue weighted by molar-refractivity contribution is 0.520. The summed E-state index contributed by atoms with van der Waals surface area (Å²) in [6.07, 6.45) is 0. The van der Waals surface area contributed by atoms with Gasteiger partial charge in [0.05, 0.1) is 4.90 Å². The molecular weight excluding hydrogens is 338 g/mol. The first-order valence-electron chi connectivity index (χ1n) is 7.75. The van der Waals surface area contributed by atoms with Gasteiger partial charge in [0, 0.05) is 31.5 Å². The molecule has 0 saturated heterocycles. The molecule has 0 fully saturated rings. The van der Waals surface area contributed by atoms with E-state index >= 15 is 0 Å². The number of hydrogen-bond donors (Lipinski definition) is 2. The van der Waals surface area contributed by atoms with Gasteiger partial charge in [-0.3, -0.25) is 4.79 Å². The molecule has 2 aromatic carbocycles. The van der Waals surface area contributed by atoms with E-state index in [0.717, 1.165) is 16.5 Å². The summed E-state index contributed by atoms with van der Waals surface area (Å²) in [5.41, 5.74) is 1.95. The Bertz CT molecular complexity index is 1050. The van der Waals surface area contributed by atoms with Crippen molar-refractivity contribution >= 4 is 26.6 Å². The lowest BCUT2D eigenvalue weighted by Gasteiger charge is -2.12. The summed E-state index contributed by atoms with van der Waals surface area (Å²) < 4.78 is 25.3. The molecular formula is C18H19N3O3S. The van der Waals surface area contributed by atoms with E-state index in [0.29, 0.717) is 12.2 Å². The molecule has 2 N–H and O–H groups in total. The van der Waals surface area contributed by atoms with Crippen molar-refractivity contribution in [2.45, 2.75) is 11.4 Å². The Labute approximate surface area is 146 Å². The van der Waals surface area contributed by atoms with Gasteiger partial charge in [-0.15, -0.1) is 0 Å². The highest BCUT2D eigenvalue weighted by atomic mass is 32.2. The van der Waals surface area contributed by atoms with Crippen molar-refractivity contribution in [3.05, 3.63) is 70.5 Å². The summed E-state index contributed by atoms with van der Waals surface area (Å²) in [6.45, 7) is 0.420. The van der Waals surface area contributed by atoms with Crippen molar-refractivity contribution in [3.63, 3.8) is 0 Å². The number of aromatic nitrogens is 1. The van der Waals surface area contributed by atoms with Crippen LogP contribution in [-0.4, -0.2) is 31.8 Å². The predicted octanol–water partition coefficient (Wildman–Crippen LogP) is 2.39. The van der Waals surface area contributed by atoms with E-state index < -0.39 is 10.0 Å². The normalized spacial score (nSPS) is 11.8. The average Bonchev–Trinajstić information content (AvgIpc) is 2.60. The minimum absolute atomic E-state index is 0.189. The summed E-state index contributed by atoms with van der Waals surface area (Å²) in [7, 11) is -0.440. The second kappa shape index (κ2) is 6.70. The minimum Gasteiger partial charge on any atom is -0.376 e. The molecule has 6 nitrogen and oxygen atoms in total. The van der Waals surface area contributed by atoms with E-state index in [2.05, 4.69) is 10.3 Å². The van der Waals surface area contributed by atoms with Crippen LogP contribution in [-0.2, 0) is 16.6 Å². The second-order valence-electron chi connectivity index (χ2n) is 5.88. The van der Waals surface area contributed by atoms with Gasteiger partial charge < -0.3 is 10.3 Å². The Morgan fingerprint density at radius 2 is 1.72 bits per heavy atom. The van der Waals surface area contributed by atoms with Gasteiger partial charge in [0.25, 0.3) is 5.56 Å². The van der Waals surface area contributed by atoms with Crippen LogP contribution in [0.2, 0.25) is 0 Å². The van der Waals surface area contributed by atoms with Crippen LogP contribution >= 0.6 is 0 Å². The summed E-state index contributed by atoms with van der Waals surface area (Å²) in [5, 5.41) is 4.04. The van der Waals surface area contributed by atoms with Crippen LogP contribution in [0.5, 0.6) is 0 Å². The third kappa shape index (κ3) is 3.57. The van der Waals surface area contributed by atoms with Crippen molar-refractivity contribution in [2.24, 2.45) is 0 Å². The fourth-order valence-corrected chi connectivity index (χ4v) is 3.37. The maximum atomic E-state index is 12.1. The number of pyridine rings is 1. The molecule has 0 aliphatic carbocycles. The quantitative estimate of drug-likeness (QED) is 0.734. The first-order valence-corrected chi connectivity index (χ1v) is 9.19. The number of H-pyrrole nitrogens is 1. The zero-order valence-corrected chi connectivity index (χ0v) is 14.8. The molecule has 3 rings (SSSR count). The fourth-order valence-electron chi connectivity index (χ4n) is 2.47. The summed E-state index contributed by atoms with van der Waals surface area (Å²) >= 11 is 0. The Balaban J connectivity index is 1.78. The first-order chi connectivity index (χ1) is 11.9. The van der Waals surface area contributed by atoms with Gasteiger partial charge in [0.15, 0.2) is 0 Å². The number of fused-ring (bicyclic) bond motifs is 1. The minimum atomic E-state index is -3.43. The summed E-state index contributed by atoms with van der Waals surface area (Å²) in [5.74, 6) is 0. The van der Waals surface area contributed by atoms with E-state index in [1.165, 1.54) is 18.4 Å². The molecule has 130 valence electrons. The van der Waals surface area contributed by atoms with Gasteiger partial charge in [-0.25, -0.2) is 12.7 Å². The number of benzene rings is 2. The molecule has 1 heterocycles. The van der Waals surface area contributed by atoms with E-state index in [1.807, 2.05) is 24.3 Å². The molecule has 0 saturated carbocycles. The third-order valence-corrected chi connectivity index (χ3v) is 5.77. The number of para-hydroxylation sites is 1. The van der Waals surface area contributed by atoms with Crippen LogP contribution in [0.25, 0.3) is 10.9 Å². The zero-order chi connectivity index (χ0) is 18.0. The topological polar surface area (TPSA) is 82.3 Å². The van der Waals surface area contributed by atoms with Crippen LogP contribution in [0.3, 0.4) is 0 Å². The largest absolute Gasteiger partial charge is 0.376 e. The van der Waals surface area contributed by atoms with Gasteiger partial charge in [-0.2, -0.15) is 0 Å². The molecule has 0 aliphatic rings. The van der Waals surface area contributed by atoms with E-state index in [4.69, 9.17) is 0 Å². The number of rotatable bonds is 5. The van der Waals surface area contributed by atoms with Gasteiger partial charge in [-0.05, 0) is 29.8 Å². The Morgan fingerprint density at radius 3 is 2.40 bits per heavy atom. The SMILES string of the molecule is CN(C)S(=O)(=O)c1ccc(CNc2cc3ccccc3[nH]c2=O)cc1. The smallest absolute Gasteiger partial charge is 0.271 e. The molecule has 0 aliphatic heterocycles. The van der Waals surface area contributed by atoms with Gasteiger partial charge in [-0.1, -0.05) is 30.3 Å². The van der Waals surface area contributed by atoms with E-state index in [-0.39, 0.29) is 10.5 Å². The standard InChI is InChI=1S/C18H19N3O3S/c1-21(2)25(23,24)15-9-7-13(8-10-15)12-19-17-11-14-5-3-4-6-16(14)20-18(17)22/h3-11,19H,12H2,1-2H3,(H,20,22). The Morgan fingerprint density at radius 1 is 1.04 bits per heavy atom. The highest BCUT2D eigenvalue weighted by Gasteiger charge is 2.16. The maximum absolute atomic E-state index is 12.1. The molecule has 0 atom stereocenters. The molecule has 0 amide bonds. The number of nitrogens with one attached hydrogen (secondary N) is 2. The molecule has 7 heteroatoms. The van der Waals surface area contributed by atoms with Crippen LogP contribution in [0.1, 0.15) is 5.56 Å². The molecule has 0 radical (unpaired) electrons.